The lowest BCUT2D eigenvalue weighted by Crippen LogP contribution is -2.19. The standard InChI is InChI=1S/C11H16N2O3S/c1-7-5-12-11(17-6-10(14)15)13(7)9-3-4-16-8(9)2/h5,8-9H,3-4,6H2,1-2H3,(H,14,15). The SMILES string of the molecule is Cc1cnc(SCC(=O)O)n1C1CCOC1C. The lowest BCUT2D eigenvalue weighted by molar-refractivity contribution is -0.133. The summed E-state index contributed by atoms with van der Waals surface area (Å²) >= 11 is 1.26. The number of carboxylic acids is 1. The number of aromatic nitrogens is 2. The minimum Gasteiger partial charge on any atom is -0.481 e. The average Bonchev–Trinajstić information content (AvgIpc) is 2.82. The van der Waals surface area contributed by atoms with E-state index in [4.69, 9.17) is 9.84 Å². The Morgan fingerprint density at radius 1 is 1.76 bits per heavy atom. The molecule has 2 atom stereocenters. The van der Waals surface area contributed by atoms with Crippen molar-refractivity contribution in [2.45, 2.75) is 37.6 Å². The molecule has 1 fully saturated rings. The van der Waals surface area contributed by atoms with E-state index in [0.29, 0.717) is 0 Å². The molecule has 1 aromatic heterocycles. The lowest BCUT2D eigenvalue weighted by atomic mass is 10.1. The minimum atomic E-state index is -0.821. The van der Waals surface area contributed by atoms with Crippen molar-refractivity contribution in [2.24, 2.45) is 0 Å². The molecule has 2 unspecified atom stereocenters. The molecule has 1 aliphatic rings. The number of ether oxygens (including phenoxy) is 1. The Morgan fingerprint density at radius 3 is 3.12 bits per heavy atom. The number of imidazole rings is 1. The Balaban J connectivity index is 2.19. The van der Waals surface area contributed by atoms with Gasteiger partial charge in [0.25, 0.3) is 0 Å². The van der Waals surface area contributed by atoms with Crippen molar-refractivity contribution >= 4 is 17.7 Å². The van der Waals surface area contributed by atoms with Gasteiger partial charge in [-0.3, -0.25) is 4.79 Å². The third-order valence-corrected chi connectivity index (χ3v) is 3.89. The van der Waals surface area contributed by atoms with Crippen LogP contribution in [0.2, 0.25) is 0 Å². The van der Waals surface area contributed by atoms with Crippen LogP contribution in [0.4, 0.5) is 0 Å². The molecule has 1 N–H and O–H groups in total. The Labute approximate surface area is 104 Å². The highest BCUT2D eigenvalue weighted by Crippen LogP contribution is 2.31. The van der Waals surface area contributed by atoms with E-state index in [1.807, 2.05) is 13.8 Å². The van der Waals surface area contributed by atoms with Crippen molar-refractivity contribution in [1.82, 2.24) is 9.55 Å². The van der Waals surface area contributed by atoms with Gasteiger partial charge in [0.05, 0.1) is 17.9 Å². The molecule has 0 radical (unpaired) electrons. The van der Waals surface area contributed by atoms with Crippen molar-refractivity contribution in [1.29, 1.82) is 0 Å². The second-order valence-corrected chi connectivity index (χ2v) is 5.11. The van der Waals surface area contributed by atoms with Gasteiger partial charge in [-0.25, -0.2) is 4.98 Å². The first-order chi connectivity index (χ1) is 8.09. The molecule has 94 valence electrons. The number of nitrogens with zero attached hydrogens (tertiary/aromatic N) is 2. The number of carboxylic acid groups (broad SMARTS) is 1. The van der Waals surface area contributed by atoms with Crippen molar-refractivity contribution in [3.05, 3.63) is 11.9 Å². The molecule has 5 nitrogen and oxygen atoms in total. The fourth-order valence-electron chi connectivity index (χ4n) is 2.12. The maximum absolute atomic E-state index is 10.6. The van der Waals surface area contributed by atoms with Crippen LogP contribution in [-0.2, 0) is 9.53 Å². The van der Waals surface area contributed by atoms with Gasteiger partial charge < -0.3 is 14.4 Å². The molecule has 0 saturated carbocycles. The third kappa shape index (κ3) is 2.63. The van der Waals surface area contributed by atoms with Crippen LogP contribution in [0, 0.1) is 6.92 Å². The summed E-state index contributed by atoms with van der Waals surface area (Å²) in [6.07, 6.45) is 2.90. The van der Waals surface area contributed by atoms with E-state index in [-0.39, 0.29) is 17.9 Å². The number of hydrogen-bond acceptors (Lipinski definition) is 4. The number of aliphatic carboxylic acids is 1. The van der Waals surface area contributed by atoms with Gasteiger partial charge in [-0.1, -0.05) is 11.8 Å². The summed E-state index contributed by atoms with van der Waals surface area (Å²) < 4.78 is 7.65. The van der Waals surface area contributed by atoms with Gasteiger partial charge in [0.15, 0.2) is 5.16 Å². The number of hydrogen-bond donors (Lipinski definition) is 1. The Kier molecular flexibility index (Phi) is 3.73. The maximum Gasteiger partial charge on any atom is 0.313 e. The molecular weight excluding hydrogens is 240 g/mol. The Morgan fingerprint density at radius 2 is 2.53 bits per heavy atom. The van der Waals surface area contributed by atoms with Crippen LogP contribution in [0.1, 0.15) is 25.1 Å². The van der Waals surface area contributed by atoms with Crippen molar-refractivity contribution in [3.63, 3.8) is 0 Å². The van der Waals surface area contributed by atoms with Gasteiger partial charge in [-0.15, -0.1) is 0 Å². The van der Waals surface area contributed by atoms with Crippen LogP contribution in [0.15, 0.2) is 11.4 Å². The average molecular weight is 256 g/mol. The first-order valence-electron chi connectivity index (χ1n) is 5.59. The van der Waals surface area contributed by atoms with Gasteiger partial charge in [0.2, 0.25) is 0 Å². The summed E-state index contributed by atoms with van der Waals surface area (Å²) in [5.41, 5.74) is 1.06. The van der Waals surface area contributed by atoms with Crippen LogP contribution in [-0.4, -0.2) is 39.1 Å². The second kappa shape index (κ2) is 5.10. The molecule has 1 aliphatic heterocycles. The normalized spacial score (nSPS) is 24.1. The summed E-state index contributed by atoms with van der Waals surface area (Å²) in [5, 5.41) is 9.48. The zero-order valence-corrected chi connectivity index (χ0v) is 10.7. The molecule has 0 amide bonds. The van der Waals surface area contributed by atoms with Crippen molar-refractivity contribution in [3.8, 4) is 0 Å². The predicted molar refractivity (Wildman–Crippen MR) is 64.4 cm³/mol. The molecule has 0 aromatic carbocycles. The number of thioether (sulfide) groups is 1. The smallest absolute Gasteiger partial charge is 0.313 e. The molecule has 1 aromatic rings. The van der Waals surface area contributed by atoms with Crippen LogP contribution >= 0.6 is 11.8 Å². The summed E-state index contributed by atoms with van der Waals surface area (Å²) in [7, 11) is 0. The predicted octanol–water partition coefficient (Wildman–Crippen LogP) is 1.72. The highest BCUT2D eigenvalue weighted by molar-refractivity contribution is 7.99. The molecule has 0 spiro atoms. The second-order valence-electron chi connectivity index (χ2n) is 4.17. The van der Waals surface area contributed by atoms with Crippen molar-refractivity contribution in [2.75, 3.05) is 12.4 Å². The fourth-order valence-corrected chi connectivity index (χ4v) is 2.92. The third-order valence-electron chi connectivity index (χ3n) is 2.94. The Bertz CT molecular complexity index is 419. The van der Waals surface area contributed by atoms with E-state index >= 15 is 0 Å². The van der Waals surface area contributed by atoms with Crippen LogP contribution in [0.5, 0.6) is 0 Å². The quantitative estimate of drug-likeness (QED) is 0.831. The van der Waals surface area contributed by atoms with Gasteiger partial charge in [0, 0.05) is 18.5 Å². The molecule has 2 rings (SSSR count). The van der Waals surface area contributed by atoms with Crippen LogP contribution < -0.4 is 0 Å². The zero-order valence-electron chi connectivity index (χ0n) is 9.92. The first-order valence-corrected chi connectivity index (χ1v) is 6.58. The molecule has 6 heteroatoms. The van der Waals surface area contributed by atoms with E-state index in [2.05, 4.69) is 9.55 Å². The first kappa shape index (κ1) is 12.4. The van der Waals surface area contributed by atoms with Gasteiger partial charge in [0.1, 0.15) is 0 Å². The van der Waals surface area contributed by atoms with E-state index in [9.17, 15) is 4.79 Å². The zero-order chi connectivity index (χ0) is 12.4. The summed E-state index contributed by atoms with van der Waals surface area (Å²) in [4.78, 5) is 14.9. The van der Waals surface area contributed by atoms with Gasteiger partial charge in [-0.05, 0) is 20.3 Å². The Hall–Kier alpha value is -1.01. The van der Waals surface area contributed by atoms with E-state index in [1.165, 1.54) is 11.8 Å². The summed E-state index contributed by atoms with van der Waals surface area (Å²) in [6.45, 7) is 4.79. The van der Waals surface area contributed by atoms with E-state index in [1.54, 1.807) is 6.20 Å². The summed E-state index contributed by atoms with van der Waals surface area (Å²) in [5.74, 6) is -0.781. The molecule has 2 heterocycles. The highest BCUT2D eigenvalue weighted by atomic mass is 32.2. The van der Waals surface area contributed by atoms with Crippen molar-refractivity contribution < 1.29 is 14.6 Å². The number of carbonyl (C=O) groups is 1. The molecule has 17 heavy (non-hydrogen) atoms. The van der Waals surface area contributed by atoms with Crippen LogP contribution in [0.3, 0.4) is 0 Å². The molecular formula is C11H16N2O3S. The molecule has 1 saturated heterocycles. The topological polar surface area (TPSA) is 64.3 Å². The largest absolute Gasteiger partial charge is 0.481 e. The molecule has 0 aliphatic carbocycles. The maximum atomic E-state index is 10.6. The van der Waals surface area contributed by atoms with Crippen LogP contribution in [0.25, 0.3) is 0 Å². The van der Waals surface area contributed by atoms with E-state index in [0.717, 1.165) is 23.9 Å². The van der Waals surface area contributed by atoms with E-state index < -0.39 is 5.97 Å². The summed E-state index contributed by atoms with van der Waals surface area (Å²) in [6, 6.07) is 0.272. The van der Waals surface area contributed by atoms with Gasteiger partial charge >= 0.3 is 5.97 Å². The highest BCUT2D eigenvalue weighted by Gasteiger charge is 2.28. The lowest BCUT2D eigenvalue weighted by Gasteiger charge is -2.19. The van der Waals surface area contributed by atoms with Gasteiger partial charge in [-0.2, -0.15) is 0 Å². The number of rotatable bonds is 4. The fraction of sp³-hybridized carbons (Fsp3) is 0.636. The minimum absolute atomic E-state index is 0.0401. The monoisotopic (exact) mass is 256 g/mol. The molecule has 0 bridgehead atoms. The number of aryl methyl sites for hydroxylation is 1.